The third-order valence-electron chi connectivity index (χ3n) is 2.42. The van der Waals surface area contributed by atoms with Crippen molar-refractivity contribution in [1.82, 2.24) is 9.97 Å². The molecule has 0 bridgehead atoms. The molecule has 2 N–H and O–H groups in total. The highest BCUT2D eigenvalue weighted by Gasteiger charge is 2.10. The second kappa shape index (κ2) is 5.50. The summed E-state index contributed by atoms with van der Waals surface area (Å²) in [4.78, 5) is 7.58. The molecule has 2 aromatic rings. The van der Waals surface area contributed by atoms with Gasteiger partial charge in [-0.2, -0.15) is 0 Å². The summed E-state index contributed by atoms with van der Waals surface area (Å²) in [5.74, 6) is 0.788. The van der Waals surface area contributed by atoms with Crippen molar-refractivity contribution < 1.29 is 5.21 Å². The van der Waals surface area contributed by atoms with Gasteiger partial charge < -0.3 is 10.2 Å². The van der Waals surface area contributed by atoms with Crippen LogP contribution in [0.5, 0.6) is 0 Å². The number of nitrogens with one attached hydrogen (secondary N) is 1. The van der Waals surface area contributed by atoms with Crippen molar-refractivity contribution in [2.45, 2.75) is 13.8 Å². The summed E-state index contributed by atoms with van der Waals surface area (Å²) < 4.78 is 0. The van der Waals surface area contributed by atoms with Crippen LogP contribution in [0.15, 0.2) is 35.5 Å². The monoisotopic (exact) mass is 251 g/mol. The van der Waals surface area contributed by atoms with Crippen molar-refractivity contribution in [2.75, 3.05) is 0 Å². The van der Waals surface area contributed by atoms with Gasteiger partial charge in [-0.3, -0.25) is 0 Å². The zero-order valence-corrected chi connectivity index (χ0v) is 10.5. The van der Waals surface area contributed by atoms with Gasteiger partial charge in [-0.25, -0.2) is 4.98 Å². The Morgan fingerprint density at radius 1 is 1.29 bits per heavy atom. The van der Waals surface area contributed by atoms with Gasteiger partial charge >= 0.3 is 0 Å². The van der Waals surface area contributed by atoms with Crippen LogP contribution in [-0.4, -0.2) is 20.9 Å². The average molecular weight is 252 g/mol. The van der Waals surface area contributed by atoms with E-state index in [2.05, 4.69) is 15.1 Å². The van der Waals surface area contributed by atoms with Crippen molar-refractivity contribution in [2.24, 2.45) is 5.16 Å². The van der Waals surface area contributed by atoms with Gasteiger partial charge in [0, 0.05) is 11.3 Å². The Balaban J connectivity index is 0.00000144. The van der Waals surface area contributed by atoms with E-state index in [9.17, 15) is 0 Å². The third kappa shape index (κ3) is 2.65. The highest BCUT2D eigenvalue weighted by atomic mass is 35.5. The molecule has 1 aromatic carbocycles. The minimum Gasteiger partial charge on any atom is -0.411 e. The van der Waals surface area contributed by atoms with E-state index in [1.165, 1.54) is 0 Å². The Morgan fingerprint density at radius 3 is 2.53 bits per heavy atom. The molecule has 5 heteroatoms. The first kappa shape index (κ1) is 13.3. The first-order valence-corrected chi connectivity index (χ1v) is 5.03. The van der Waals surface area contributed by atoms with Crippen LogP contribution in [0.3, 0.4) is 0 Å². The zero-order valence-electron chi connectivity index (χ0n) is 9.64. The number of benzene rings is 1. The van der Waals surface area contributed by atoms with Crippen LogP contribution in [0, 0.1) is 6.92 Å². The zero-order chi connectivity index (χ0) is 11.5. The van der Waals surface area contributed by atoms with Crippen LogP contribution in [0.25, 0.3) is 11.4 Å². The summed E-state index contributed by atoms with van der Waals surface area (Å²) in [7, 11) is 0. The van der Waals surface area contributed by atoms with E-state index in [4.69, 9.17) is 5.21 Å². The van der Waals surface area contributed by atoms with Crippen LogP contribution in [0.1, 0.15) is 18.3 Å². The maximum atomic E-state index is 8.73. The van der Waals surface area contributed by atoms with Crippen LogP contribution in [0.2, 0.25) is 0 Å². The molecule has 17 heavy (non-hydrogen) atoms. The topological polar surface area (TPSA) is 61.3 Å². The van der Waals surface area contributed by atoms with Crippen molar-refractivity contribution in [3.05, 3.63) is 41.7 Å². The number of aryl methyl sites for hydroxylation is 1. The lowest BCUT2D eigenvalue weighted by atomic mass is 10.2. The average Bonchev–Trinajstić information content (AvgIpc) is 2.71. The second-order valence-electron chi connectivity index (χ2n) is 3.61. The molecule has 4 nitrogen and oxygen atoms in total. The molecule has 0 atom stereocenters. The minimum atomic E-state index is 0. The van der Waals surface area contributed by atoms with Gasteiger partial charge in [-0.15, -0.1) is 12.4 Å². The lowest BCUT2D eigenvalue weighted by Gasteiger charge is -1.94. The maximum absolute atomic E-state index is 8.73. The largest absolute Gasteiger partial charge is 0.411 e. The number of aromatic nitrogens is 2. The van der Waals surface area contributed by atoms with Gasteiger partial charge in [0.25, 0.3) is 0 Å². The fourth-order valence-electron chi connectivity index (χ4n) is 1.59. The number of imidazole rings is 1. The predicted octanol–water partition coefficient (Wildman–Crippen LogP) is 3.01. The van der Waals surface area contributed by atoms with Crippen LogP contribution >= 0.6 is 12.4 Å². The fourth-order valence-corrected chi connectivity index (χ4v) is 1.59. The van der Waals surface area contributed by atoms with Gasteiger partial charge in [0.1, 0.15) is 17.2 Å². The SMILES string of the molecule is C/C(=N/O)c1nc(-c2ccccc2)[nH]c1C.Cl. The van der Waals surface area contributed by atoms with Gasteiger partial charge in [-0.05, 0) is 13.8 Å². The molecule has 0 amide bonds. The van der Waals surface area contributed by atoms with E-state index < -0.39 is 0 Å². The number of H-pyrrole nitrogens is 1. The highest BCUT2D eigenvalue weighted by molar-refractivity contribution is 5.98. The molecule has 0 saturated heterocycles. The molecule has 0 fully saturated rings. The molecular weight excluding hydrogens is 238 g/mol. The smallest absolute Gasteiger partial charge is 0.138 e. The molecule has 2 rings (SSSR count). The Labute approximate surface area is 106 Å². The molecule has 0 aliphatic rings. The predicted molar refractivity (Wildman–Crippen MR) is 70.0 cm³/mol. The van der Waals surface area contributed by atoms with Gasteiger partial charge in [0.15, 0.2) is 0 Å². The highest BCUT2D eigenvalue weighted by Crippen LogP contribution is 2.17. The summed E-state index contributed by atoms with van der Waals surface area (Å²) in [6, 6.07) is 9.83. The number of oxime groups is 1. The molecule has 0 spiro atoms. The van der Waals surface area contributed by atoms with Crippen LogP contribution in [0.4, 0.5) is 0 Å². The number of nitrogens with zero attached hydrogens (tertiary/aromatic N) is 2. The Bertz CT molecular complexity index is 520. The van der Waals surface area contributed by atoms with E-state index in [1.54, 1.807) is 6.92 Å². The molecular formula is C12H14ClN3O. The van der Waals surface area contributed by atoms with Gasteiger partial charge in [0.05, 0.1) is 0 Å². The standard InChI is InChI=1S/C12H13N3O.ClH/c1-8-11(9(2)15-16)14-12(13-8)10-6-4-3-5-7-10;/h3-7,16H,1-2H3,(H,13,14);1H/b15-9-;. The maximum Gasteiger partial charge on any atom is 0.138 e. The van der Waals surface area contributed by atoms with E-state index in [-0.39, 0.29) is 12.4 Å². The van der Waals surface area contributed by atoms with Gasteiger partial charge in [-0.1, -0.05) is 35.5 Å². The van der Waals surface area contributed by atoms with Crippen molar-refractivity contribution >= 4 is 18.1 Å². The number of aromatic amines is 1. The van der Waals surface area contributed by atoms with Crippen molar-refractivity contribution in [1.29, 1.82) is 0 Å². The van der Waals surface area contributed by atoms with E-state index in [1.807, 2.05) is 37.3 Å². The Hall–Kier alpha value is -1.81. The molecule has 0 radical (unpaired) electrons. The van der Waals surface area contributed by atoms with Crippen molar-refractivity contribution in [3.63, 3.8) is 0 Å². The second-order valence-corrected chi connectivity index (χ2v) is 3.61. The molecule has 1 heterocycles. The number of rotatable bonds is 2. The summed E-state index contributed by atoms with van der Waals surface area (Å²) in [6.45, 7) is 3.63. The van der Waals surface area contributed by atoms with Gasteiger partial charge in [0.2, 0.25) is 0 Å². The fraction of sp³-hybridized carbons (Fsp3) is 0.167. The summed E-state index contributed by atoms with van der Waals surface area (Å²) >= 11 is 0. The number of halogens is 1. The lowest BCUT2D eigenvalue weighted by Crippen LogP contribution is -1.97. The third-order valence-corrected chi connectivity index (χ3v) is 2.42. The number of hydrogen-bond donors (Lipinski definition) is 2. The molecule has 90 valence electrons. The van der Waals surface area contributed by atoms with Crippen molar-refractivity contribution in [3.8, 4) is 11.4 Å². The quantitative estimate of drug-likeness (QED) is 0.490. The lowest BCUT2D eigenvalue weighted by molar-refractivity contribution is 0.319. The summed E-state index contributed by atoms with van der Waals surface area (Å²) in [5, 5.41) is 11.9. The van der Waals surface area contributed by atoms with E-state index in [0.717, 1.165) is 17.1 Å². The minimum absolute atomic E-state index is 0. The Kier molecular flexibility index (Phi) is 4.29. The number of hydrogen-bond acceptors (Lipinski definition) is 3. The molecule has 0 saturated carbocycles. The molecule has 0 aliphatic carbocycles. The first-order valence-electron chi connectivity index (χ1n) is 5.03. The van der Waals surface area contributed by atoms with E-state index in [0.29, 0.717) is 11.4 Å². The normalized spacial score (nSPS) is 11.1. The van der Waals surface area contributed by atoms with E-state index >= 15 is 0 Å². The summed E-state index contributed by atoms with van der Waals surface area (Å²) in [5.41, 5.74) is 3.12. The molecule has 1 aromatic heterocycles. The van der Waals surface area contributed by atoms with Crippen LogP contribution < -0.4 is 0 Å². The Morgan fingerprint density at radius 2 is 1.94 bits per heavy atom. The van der Waals surface area contributed by atoms with Crippen LogP contribution in [-0.2, 0) is 0 Å². The molecule has 0 aliphatic heterocycles. The molecule has 0 unspecified atom stereocenters. The first-order chi connectivity index (χ1) is 7.72. The summed E-state index contributed by atoms with van der Waals surface area (Å²) in [6.07, 6.45) is 0.